The van der Waals surface area contributed by atoms with E-state index < -0.39 is 0 Å². The molecule has 0 aromatic heterocycles. The Morgan fingerprint density at radius 2 is 1.36 bits per heavy atom. The maximum Gasteiger partial charge on any atom is 0.223 e. The molecule has 0 spiro atoms. The predicted molar refractivity (Wildman–Crippen MR) is 53.6 cm³/mol. The maximum atomic E-state index is 11.3. The van der Waals surface area contributed by atoms with Gasteiger partial charge in [0.25, 0.3) is 0 Å². The van der Waals surface area contributed by atoms with Crippen molar-refractivity contribution in [2.45, 2.75) is 26.7 Å². The zero-order valence-corrected chi connectivity index (χ0v) is 8.80. The highest BCUT2D eigenvalue weighted by atomic mass is 16.2. The second kappa shape index (κ2) is 4.98. The molecule has 0 saturated heterocycles. The van der Waals surface area contributed by atoms with Crippen LogP contribution in [0.4, 0.5) is 0 Å². The van der Waals surface area contributed by atoms with Crippen LogP contribution < -0.4 is 10.6 Å². The Kier molecular flexibility index (Phi) is 3.92. The Labute approximate surface area is 84.4 Å². The highest BCUT2D eigenvalue weighted by molar-refractivity contribution is 5.85. The number of hydrogen-bond donors (Lipinski definition) is 2. The van der Waals surface area contributed by atoms with Gasteiger partial charge >= 0.3 is 0 Å². The number of hydrogen-bond acceptors (Lipinski definition) is 2. The molecule has 0 radical (unpaired) electrons. The second-order valence-corrected chi connectivity index (χ2v) is 3.65. The molecular weight excluding hydrogens is 180 g/mol. The van der Waals surface area contributed by atoms with E-state index in [0.717, 1.165) is 0 Å². The molecule has 0 aromatic carbocycles. The molecule has 0 atom stereocenters. The highest BCUT2D eigenvalue weighted by Gasteiger charge is 2.38. The molecule has 80 valence electrons. The van der Waals surface area contributed by atoms with Gasteiger partial charge in [-0.3, -0.25) is 9.59 Å². The van der Waals surface area contributed by atoms with Crippen molar-refractivity contribution < 1.29 is 9.59 Å². The van der Waals surface area contributed by atoms with Crippen LogP contribution in [0, 0.1) is 11.8 Å². The topological polar surface area (TPSA) is 58.2 Å². The smallest absolute Gasteiger partial charge is 0.223 e. The van der Waals surface area contributed by atoms with Crippen LogP contribution in [0.15, 0.2) is 0 Å². The van der Waals surface area contributed by atoms with Gasteiger partial charge in [0.2, 0.25) is 11.8 Å². The minimum Gasteiger partial charge on any atom is -0.356 e. The Morgan fingerprint density at radius 1 is 1.00 bits per heavy atom. The third-order valence-electron chi connectivity index (χ3n) is 2.58. The molecule has 4 heteroatoms. The van der Waals surface area contributed by atoms with Crippen LogP contribution in [0.2, 0.25) is 0 Å². The first-order valence-electron chi connectivity index (χ1n) is 5.24. The van der Waals surface area contributed by atoms with Gasteiger partial charge in [0.1, 0.15) is 0 Å². The Balaban J connectivity index is 2.22. The lowest BCUT2D eigenvalue weighted by atomic mass is 9.74. The molecular formula is C10H18N2O2. The molecule has 1 rings (SSSR count). The van der Waals surface area contributed by atoms with Crippen LogP contribution in [-0.2, 0) is 9.59 Å². The van der Waals surface area contributed by atoms with Gasteiger partial charge in [-0.25, -0.2) is 0 Å². The second-order valence-electron chi connectivity index (χ2n) is 3.65. The van der Waals surface area contributed by atoms with E-state index in [-0.39, 0.29) is 23.7 Å². The minimum absolute atomic E-state index is 0.0579. The van der Waals surface area contributed by atoms with Crippen LogP contribution in [0.5, 0.6) is 0 Å². The summed E-state index contributed by atoms with van der Waals surface area (Å²) in [5.74, 6) is 0.297. The molecule has 1 aliphatic rings. The Morgan fingerprint density at radius 3 is 1.64 bits per heavy atom. The molecule has 0 aromatic rings. The Bertz CT molecular complexity index is 200. The first-order chi connectivity index (χ1) is 6.69. The number of carbonyl (C=O) groups excluding carboxylic acids is 2. The van der Waals surface area contributed by atoms with Gasteiger partial charge in [0.15, 0.2) is 0 Å². The van der Waals surface area contributed by atoms with Crippen molar-refractivity contribution in [2.75, 3.05) is 13.1 Å². The van der Waals surface area contributed by atoms with Crippen molar-refractivity contribution in [2.24, 2.45) is 11.8 Å². The van der Waals surface area contributed by atoms with Gasteiger partial charge in [0, 0.05) is 24.9 Å². The van der Waals surface area contributed by atoms with Crippen molar-refractivity contribution in [1.29, 1.82) is 0 Å². The summed E-state index contributed by atoms with van der Waals surface area (Å²) in [4.78, 5) is 22.6. The first kappa shape index (κ1) is 11.0. The highest BCUT2D eigenvalue weighted by Crippen LogP contribution is 2.33. The molecule has 4 nitrogen and oxygen atoms in total. The van der Waals surface area contributed by atoms with Crippen molar-refractivity contribution in [1.82, 2.24) is 10.6 Å². The standard InChI is InChI=1S/C10H18N2O2/c1-3-11-9(13)7-5-8(6-7)10(14)12-4-2/h7-8H,3-6H2,1-2H3,(H,11,13)(H,12,14). The summed E-state index contributed by atoms with van der Waals surface area (Å²) in [5, 5.41) is 5.54. The zero-order valence-electron chi connectivity index (χ0n) is 8.80. The third-order valence-corrected chi connectivity index (χ3v) is 2.58. The third kappa shape index (κ3) is 2.47. The largest absolute Gasteiger partial charge is 0.356 e. The van der Waals surface area contributed by atoms with Gasteiger partial charge in [-0.2, -0.15) is 0 Å². The quantitative estimate of drug-likeness (QED) is 0.682. The lowest BCUT2D eigenvalue weighted by molar-refractivity contribution is -0.135. The molecule has 0 bridgehead atoms. The summed E-state index contributed by atoms with van der Waals surface area (Å²) >= 11 is 0. The number of amides is 2. The van der Waals surface area contributed by atoms with Gasteiger partial charge in [-0.15, -0.1) is 0 Å². The molecule has 1 fully saturated rings. The van der Waals surface area contributed by atoms with Gasteiger partial charge in [0.05, 0.1) is 0 Å². The van der Waals surface area contributed by atoms with Crippen molar-refractivity contribution in [3.05, 3.63) is 0 Å². The Hall–Kier alpha value is -1.06. The van der Waals surface area contributed by atoms with E-state index in [0.29, 0.717) is 25.9 Å². The van der Waals surface area contributed by atoms with Crippen LogP contribution in [-0.4, -0.2) is 24.9 Å². The summed E-state index contributed by atoms with van der Waals surface area (Å²) in [5.41, 5.74) is 0. The van der Waals surface area contributed by atoms with E-state index in [1.165, 1.54) is 0 Å². The predicted octanol–water partition coefficient (Wildman–Crippen LogP) is 0.285. The monoisotopic (exact) mass is 198 g/mol. The van der Waals surface area contributed by atoms with E-state index in [1.54, 1.807) is 0 Å². The molecule has 0 unspecified atom stereocenters. The first-order valence-corrected chi connectivity index (χ1v) is 5.24. The lowest BCUT2D eigenvalue weighted by Crippen LogP contribution is -2.44. The molecule has 14 heavy (non-hydrogen) atoms. The van der Waals surface area contributed by atoms with E-state index in [2.05, 4.69) is 10.6 Å². The van der Waals surface area contributed by atoms with E-state index in [1.807, 2.05) is 13.8 Å². The molecule has 1 saturated carbocycles. The number of carbonyl (C=O) groups is 2. The van der Waals surface area contributed by atoms with E-state index >= 15 is 0 Å². The summed E-state index contributed by atoms with van der Waals surface area (Å²) in [7, 11) is 0. The van der Waals surface area contributed by atoms with Gasteiger partial charge in [-0.1, -0.05) is 0 Å². The van der Waals surface area contributed by atoms with Crippen molar-refractivity contribution in [3.63, 3.8) is 0 Å². The van der Waals surface area contributed by atoms with Crippen LogP contribution in [0.25, 0.3) is 0 Å². The molecule has 0 aliphatic heterocycles. The minimum atomic E-state index is 0.0579. The number of rotatable bonds is 4. The van der Waals surface area contributed by atoms with Crippen LogP contribution in [0.1, 0.15) is 26.7 Å². The van der Waals surface area contributed by atoms with Crippen molar-refractivity contribution >= 4 is 11.8 Å². The average molecular weight is 198 g/mol. The van der Waals surface area contributed by atoms with Crippen LogP contribution >= 0.6 is 0 Å². The van der Waals surface area contributed by atoms with E-state index in [9.17, 15) is 9.59 Å². The summed E-state index contributed by atoms with van der Waals surface area (Å²) in [6.45, 7) is 5.14. The lowest BCUT2D eigenvalue weighted by Gasteiger charge is -2.32. The van der Waals surface area contributed by atoms with Crippen LogP contribution in [0.3, 0.4) is 0 Å². The van der Waals surface area contributed by atoms with E-state index in [4.69, 9.17) is 0 Å². The van der Waals surface area contributed by atoms with Gasteiger partial charge < -0.3 is 10.6 Å². The number of nitrogens with one attached hydrogen (secondary N) is 2. The maximum absolute atomic E-state index is 11.3. The summed E-state index contributed by atoms with van der Waals surface area (Å²) < 4.78 is 0. The molecule has 0 heterocycles. The fourth-order valence-corrected chi connectivity index (χ4v) is 1.68. The molecule has 2 N–H and O–H groups in total. The molecule has 1 aliphatic carbocycles. The van der Waals surface area contributed by atoms with Gasteiger partial charge in [-0.05, 0) is 26.7 Å². The molecule has 2 amide bonds. The van der Waals surface area contributed by atoms with Crippen molar-refractivity contribution in [3.8, 4) is 0 Å². The zero-order chi connectivity index (χ0) is 10.6. The summed E-state index contributed by atoms with van der Waals surface area (Å²) in [6, 6.07) is 0. The SMILES string of the molecule is CCNC(=O)C1CC(C(=O)NCC)C1. The fraction of sp³-hybridized carbons (Fsp3) is 0.800. The fourth-order valence-electron chi connectivity index (χ4n) is 1.68. The normalized spacial score (nSPS) is 25.0. The average Bonchev–Trinajstić information content (AvgIpc) is 2.02. The summed E-state index contributed by atoms with van der Waals surface area (Å²) in [6.07, 6.45) is 1.41.